The van der Waals surface area contributed by atoms with Crippen LogP contribution in [0.25, 0.3) is 0 Å². The molecular formula is C12H21N5OS. The van der Waals surface area contributed by atoms with Crippen LogP contribution in [0.5, 0.6) is 0 Å². The van der Waals surface area contributed by atoms with Gasteiger partial charge in [0.05, 0.1) is 0 Å². The van der Waals surface area contributed by atoms with Gasteiger partial charge in [-0.3, -0.25) is 4.79 Å². The Balaban J connectivity index is 2.07. The lowest BCUT2D eigenvalue weighted by Crippen LogP contribution is -2.34. The second-order valence-corrected chi connectivity index (χ2v) is 5.55. The molecule has 106 valence electrons. The van der Waals surface area contributed by atoms with Crippen LogP contribution in [-0.2, 0) is 0 Å². The summed E-state index contributed by atoms with van der Waals surface area (Å²) in [5, 5.41) is 7.18. The van der Waals surface area contributed by atoms with E-state index in [0.717, 1.165) is 50.7 Å². The Kier molecular flexibility index (Phi) is 4.98. The molecule has 1 aromatic rings. The van der Waals surface area contributed by atoms with Crippen LogP contribution in [0.15, 0.2) is 0 Å². The lowest BCUT2D eigenvalue weighted by Gasteiger charge is -2.18. The second-order valence-electron chi connectivity index (χ2n) is 4.56. The average Bonchev–Trinajstić information content (AvgIpc) is 2.64. The molecule has 0 saturated carbocycles. The van der Waals surface area contributed by atoms with Crippen molar-refractivity contribution in [2.75, 3.05) is 43.8 Å². The number of hydrogen-bond acceptors (Lipinski definition) is 6. The third-order valence-electron chi connectivity index (χ3n) is 3.00. The number of amides is 1. The van der Waals surface area contributed by atoms with Crippen LogP contribution < -0.4 is 16.4 Å². The zero-order valence-electron chi connectivity index (χ0n) is 11.2. The van der Waals surface area contributed by atoms with E-state index in [-0.39, 0.29) is 5.91 Å². The van der Waals surface area contributed by atoms with Crippen LogP contribution in [0.1, 0.15) is 29.4 Å². The van der Waals surface area contributed by atoms with Crippen LogP contribution >= 0.6 is 11.3 Å². The minimum Gasteiger partial charge on any atom is -0.382 e. The first-order valence-corrected chi connectivity index (χ1v) is 7.54. The van der Waals surface area contributed by atoms with Crippen molar-refractivity contribution in [3.63, 3.8) is 0 Å². The number of rotatable bonds is 4. The van der Waals surface area contributed by atoms with Gasteiger partial charge in [-0.25, -0.2) is 4.98 Å². The summed E-state index contributed by atoms with van der Waals surface area (Å²) in [4.78, 5) is 19.0. The van der Waals surface area contributed by atoms with Gasteiger partial charge in [-0.05, 0) is 19.4 Å². The molecule has 0 aromatic carbocycles. The molecule has 0 aliphatic carbocycles. The monoisotopic (exact) mass is 283 g/mol. The molecule has 4 N–H and O–H groups in total. The predicted octanol–water partition coefficient (Wildman–Crippen LogP) is 0.983. The Bertz CT molecular complexity index is 426. The van der Waals surface area contributed by atoms with E-state index >= 15 is 0 Å². The van der Waals surface area contributed by atoms with Gasteiger partial charge in [-0.15, -0.1) is 0 Å². The predicted molar refractivity (Wildman–Crippen MR) is 78.7 cm³/mol. The Labute approximate surface area is 117 Å². The Hall–Kier alpha value is -1.34. The molecule has 1 aromatic heterocycles. The first-order valence-electron chi connectivity index (χ1n) is 6.72. The zero-order chi connectivity index (χ0) is 13.7. The summed E-state index contributed by atoms with van der Waals surface area (Å²) >= 11 is 1.35. The highest BCUT2D eigenvalue weighted by Gasteiger charge is 2.22. The van der Waals surface area contributed by atoms with Gasteiger partial charge in [0.15, 0.2) is 5.13 Å². The van der Waals surface area contributed by atoms with Crippen LogP contribution in [0.3, 0.4) is 0 Å². The maximum Gasteiger partial charge on any atom is 0.267 e. The van der Waals surface area contributed by atoms with E-state index in [4.69, 9.17) is 5.73 Å². The summed E-state index contributed by atoms with van der Waals surface area (Å²) in [6, 6.07) is 0. The normalized spacial score (nSPS) is 16.2. The van der Waals surface area contributed by atoms with E-state index in [1.807, 2.05) is 4.90 Å². The summed E-state index contributed by atoms with van der Waals surface area (Å²) in [5.41, 5.74) is 5.86. The SMILES string of the molecule is CCCNc1nc(N)c(C(=O)N2CCCNCC2)s1. The van der Waals surface area contributed by atoms with E-state index in [0.29, 0.717) is 10.7 Å². The van der Waals surface area contributed by atoms with E-state index in [1.165, 1.54) is 11.3 Å². The summed E-state index contributed by atoms with van der Waals surface area (Å²) < 4.78 is 0. The number of carbonyl (C=O) groups excluding carboxylic acids is 1. The molecule has 1 aliphatic heterocycles. The zero-order valence-corrected chi connectivity index (χ0v) is 12.1. The highest BCUT2D eigenvalue weighted by molar-refractivity contribution is 7.18. The van der Waals surface area contributed by atoms with E-state index in [1.54, 1.807) is 0 Å². The van der Waals surface area contributed by atoms with Crippen LogP contribution in [0.4, 0.5) is 10.9 Å². The molecule has 0 radical (unpaired) electrons. The third-order valence-corrected chi connectivity index (χ3v) is 4.02. The molecule has 7 heteroatoms. The fourth-order valence-corrected chi connectivity index (χ4v) is 2.86. The van der Waals surface area contributed by atoms with E-state index < -0.39 is 0 Å². The van der Waals surface area contributed by atoms with Gasteiger partial charge in [-0.2, -0.15) is 0 Å². The van der Waals surface area contributed by atoms with Gasteiger partial charge in [0, 0.05) is 26.2 Å². The molecule has 0 atom stereocenters. The molecule has 1 amide bonds. The largest absolute Gasteiger partial charge is 0.382 e. The number of nitrogens with two attached hydrogens (primary N) is 1. The van der Waals surface area contributed by atoms with Gasteiger partial charge in [0.2, 0.25) is 0 Å². The molecule has 19 heavy (non-hydrogen) atoms. The molecule has 0 unspecified atom stereocenters. The standard InChI is InChI=1S/C12H21N5OS/c1-2-4-15-12-16-10(13)9(19-12)11(18)17-7-3-5-14-6-8-17/h14H,2-8,13H2,1H3,(H,15,16). The smallest absolute Gasteiger partial charge is 0.267 e. The Morgan fingerprint density at radius 1 is 1.53 bits per heavy atom. The van der Waals surface area contributed by atoms with Crippen LogP contribution in [0, 0.1) is 0 Å². The molecule has 2 heterocycles. The minimum absolute atomic E-state index is 0.00301. The first kappa shape index (κ1) is 14.1. The number of nitrogens with one attached hydrogen (secondary N) is 2. The molecule has 1 saturated heterocycles. The lowest BCUT2D eigenvalue weighted by atomic mass is 10.3. The first-order chi connectivity index (χ1) is 9.22. The van der Waals surface area contributed by atoms with Gasteiger partial charge < -0.3 is 21.3 Å². The third kappa shape index (κ3) is 3.57. The van der Waals surface area contributed by atoms with Gasteiger partial charge >= 0.3 is 0 Å². The summed E-state index contributed by atoms with van der Waals surface area (Å²) in [7, 11) is 0. The molecule has 0 spiro atoms. The highest BCUT2D eigenvalue weighted by Crippen LogP contribution is 2.26. The average molecular weight is 283 g/mol. The van der Waals surface area contributed by atoms with Crippen molar-refractivity contribution in [1.29, 1.82) is 0 Å². The molecular weight excluding hydrogens is 262 g/mol. The summed E-state index contributed by atoms with van der Waals surface area (Å²) in [6.45, 7) is 6.24. The molecule has 1 aliphatic rings. The molecule has 0 bridgehead atoms. The maximum atomic E-state index is 12.4. The van der Waals surface area contributed by atoms with Crippen molar-refractivity contribution in [1.82, 2.24) is 15.2 Å². The number of hydrogen-bond donors (Lipinski definition) is 3. The Morgan fingerprint density at radius 2 is 2.37 bits per heavy atom. The Morgan fingerprint density at radius 3 is 3.16 bits per heavy atom. The minimum atomic E-state index is 0.00301. The van der Waals surface area contributed by atoms with E-state index in [2.05, 4.69) is 22.5 Å². The number of nitrogens with zero attached hydrogens (tertiary/aromatic N) is 2. The van der Waals surface area contributed by atoms with Gasteiger partial charge in [0.25, 0.3) is 5.91 Å². The quantitative estimate of drug-likeness (QED) is 0.767. The molecule has 1 fully saturated rings. The van der Waals surface area contributed by atoms with Crippen molar-refractivity contribution >= 4 is 28.2 Å². The molecule has 2 rings (SSSR count). The maximum absolute atomic E-state index is 12.4. The fourth-order valence-electron chi connectivity index (χ4n) is 1.99. The lowest BCUT2D eigenvalue weighted by molar-refractivity contribution is 0.0772. The number of nitrogen functional groups attached to an aromatic ring is 1. The summed E-state index contributed by atoms with van der Waals surface area (Å²) in [6.07, 6.45) is 1.99. The summed E-state index contributed by atoms with van der Waals surface area (Å²) in [5.74, 6) is 0.342. The van der Waals surface area contributed by atoms with Crippen molar-refractivity contribution < 1.29 is 4.79 Å². The van der Waals surface area contributed by atoms with Crippen molar-refractivity contribution in [2.45, 2.75) is 19.8 Å². The van der Waals surface area contributed by atoms with Crippen LogP contribution in [0.2, 0.25) is 0 Å². The second kappa shape index (κ2) is 6.72. The highest BCUT2D eigenvalue weighted by atomic mass is 32.1. The fraction of sp³-hybridized carbons (Fsp3) is 0.667. The number of anilines is 2. The molecule has 6 nitrogen and oxygen atoms in total. The topological polar surface area (TPSA) is 83.3 Å². The van der Waals surface area contributed by atoms with Gasteiger partial charge in [-0.1, -0.05) is 18.3 Å². The van der Waals surface area contributed by atoms with Crippen LogP contribution in [-0.4, -0.2) is 48.5 Å². The number of thiazole rings is 1. The van der Waals surface area contributed by atoms with Gasteiger partial charge in [0.1, 0.15) is 10.7 Å². The van der Waals surface area contributed by atoms with Crippen molar-refractivity contribution in [2.24, 2.45) is 0 Å². The van der Waals surface area contributed by atoms with E-state index in [9.17, 15) is 4.79 Å². The number of carbonyl (C=O) groups is 1. The van der Waals surface area contributed by atoms with Crippen molar-refractivity contribution in [3.8, 4) is 0 Å². The number of aromatic nitrogens is 1. The van der Waals surface area contributed by atoms with Crippen molar-refractivity contribution in [3.05, 3.63) is 4.88 Å².